The molecule has 0 radical (unpaired) electrons. The van der Waals surface area contributed by atoms with E-state index in [-0.39, 0.29) is 24.1 Å². The number of likely N-dealkylation sites (tertiary alicyclic amines) is 1. The molecule has 2 fully saturated rings. The minimum Gasteiger partial charge on any atom is -0.444 e. The lowest BCUT2D eigenvalue weighted by molar-refractivity contribution is 0.0183. The molecule has 130 valence electrons. The molecule has 1 heterocycles. The summed E-state index contributed by atoms with van der Waals surface area (Å²) >= 11 is 3.37. The van der Waals surface area contributed by atoms with Gasteiger partial charge in [0, 0.05) is 22.6 Å². The van der Waals surface area contributed by atoms with E-state index >= 15 is 0 Å². The van der Waals surface area contributed by atoms with Gasteiger partial charge < -0.3 is 15.0 Å². The first-order valence-corrected chi connectivity index (χ1v) is 9.09. The third-order valence-corrected chi connectivity index (χ3v) is 4.89. The van der Waals surface area contributed by atoms with Crippen LogP contribution in [0.25, 0.3) is 0 Å². The van der Waals surface area contributed by atoms with Gasteiger partial charge in [0.1, 0.15) is 5.60 Å². The highest BCUT2D eigenvalue weighted by molar-refractivity contribution is 9.10. The fourth-order valence-corrected chi connectivity index (χ4v) is 3.68. The first-order chi connectivity index (χ1) is 11.2. The van der Waals surface area contributed by atoms with Crippen molar-refractivity contribution in [1.82, 2.24) is 10.2 Å². The van der Waals surface area contributed by atoms with Gasteiger partial charge in [0.25, 0.3) is 5.91 Å². The van der Waals surface area contributed by atoms with Gasteiger partial charge in [-0.2, -0.15) is 0 Å². The summed E-state index contributed by atoms with van der Waals surface area (Å²) in [6.45, 7) is 6.07. The molecule has 1 aromatic rings. The number of hydrogen-bond acceptors (Lipinski definition) is 3. The maximum Gasteiger partial charge on any atom is 0.410 e. The van der Waals surface area contributed by atoms with Crippen molar-refractivity contribution in [2.75, 3.05) is 6.54 Å². The smallest absolute Gasteiger partial charge is 0.410 e. The summed E-state index contributed by atoms with van der Waals surface area (Å²) in [5.41, 5.74) is 0.102. The van der Waals surface area contributed by atoms with Crippen LogP contribution in [0.4, 0.5) is 4.79 Å². The van der Waals surface area contributed by atoms with Gasteiger partial charge in [0.2, 0.25) is 0 Å². The summed E-state index contributed by atoms with van der Waals surface area (Å²) in [6.07, 6.45) is 1.71. The average Bonchev–Trinajstić information content (AvgIpc) is 3.13. The number of hydrogen-bond donors (Lipinski definition) is 1. The van der Waals surface area contributed by atoms with E-state index in [1.54, 1.807) is 12.1 Å². The second-order valence-corrected chi connectivity index (χ2v) is 8.48. The van der Waals surface area contributed by atoms with E-state index in [4.69, 9.17) is 4.74 Å². The zero-order chi connectivity index (χ0) is 17.5. The Morgan fingerprint density at radius 3 is 2.75 bits per heavy atom. The highest BCUT2D eigenvalue weighted by atomic mass is 79.9. The van der Waals surface area contributed by atoms with Crippen LogP contribution in [-0.2, 0) is 4.74 Å². The van der Waals surface area contributed by atoms with Crippen LogP contribution in [-0.4, -0.2) is 41.1 Å². The lowest BCUT2D eigenvalue weighted by atomic mass is 10.1. The molecule has 2 amide bonds. The SMILES string of the molecule is CC(C)(C)OC(=O)N1C(CNC(=O)c2cccc(Br)c2)CC2C[C@@H]21. The van der Waals surface area contributed by atoms with Gasteiger partial charge in [-0.3, -0.25) is 4.79 Å². The fourth-order valence-electron chi connectivity index (χ4n) is 3.28. The molecule has 1 saturated carbocycles. The number of rotatable bonds is 3. The molecule has 3 atom stereocenters. The Labute approximate surface area is 150 Å². The van der Waals surface area contributed by atoms with Crippen molar-refractivity contribution in [2.45, 2.75) is 51.3 Å². The van der Waals surface area contributed by atoms with Crippen molar-refractivity contribution in [1.29, 1.82) is 0 Å². The molecule has 2 unspecified atom stereocenters. The fraction of sp³-hybridized carbons (Fsp3) is 0.556. The number of carbonyl (C=O) groups excluding carboxylic acids is 2. The minimum absolute atomic E-state index is 0.0136. The predicted octanol–water partition coefficient (Wildman–Crippen LogP) is 3.58. The molecule has 1 aromatic carbocycles. The Hall–Kier alpha value is -1.56. The molecule has 0 aromatic heterocycles. The number of nitrogens with one attached hydrogen (secondary N) is 1. The van der Waals surface area contributed by atoms with E-state index in [1.165, 1.54) is 0 Å². The van der Waals surface area contributed by atoms with E-state index in [1.807, 2.05) is 37.8 Å². The topological polar surface area (TPSA) is 58.6 Å². The maximum atomic E-state index is 12.5. The van der Waals surface area contributed by atoms with Crippen LogP contribution in [0.3, 0.4) is 0 Å². The number of piperidine rings is 1. The first kappa shape index (κ1) is 17.3. The third-order valence-electron chi connectivity index (χ3n) is 4.40. The number of halogens is 1. The number of amides is 2. The Morgan fingerprint density at radius 1 is 1.33 bits per heavy atom. The molecule has 1 saturated heterocycles. The van der Waals surface area contributed by atoms with E-state index in [9.17, 15) is 9.59 Å². The third kappa shape index (κ3) is 3.91. The van der Waals surface area contributed by atoms with E-state index in [0.717, 1.165) is 17.3 Å². The first-order valence-electron chi connectivity index (χ1n) is 8.29. The van der Waals surface area contributed by atoms with Crippen LogP contribution in [0.15, 0.2) is 28.7 Å². The zero-order valence-electron chi connectivity index (χ0n) is 14.2. The molecular weight excluding hydrogens is 372 g/mol. The van der Waals surface area contributed by atoms with Crippen LogP contribution in [0.5, 0.6) is 0 Å². The van der Waals surface area contributed by atoms with Gasteiger partial charge in [-0.25, -0.2) is 4.79 Å². The van der Waals surface area contributed by atoms with Crippen molar-refractivity contribution in [3.05, 3.63) is 34.3 Å². The minimum atomic E-state index is -0.506. The van der Waals surface area contributed by atoms with Crippen molar-refractivity contribution in [2.24, 2.45) is 5.92 Å². The molecule has 24 heavy (non-hydrogen) atoms. The molecule has 0 bridgehead atoms. The van der Waals surface area contributed by atoms with Crippen molar-refractivity contribution < 1.29 is 14.3 Å². The number of carbonyl (C=O) groups is 2. The number of fused-ring (bicyclic) bond motifs is 1. The lowest BCUT2D eigenvalue weighted by Crippen LogP contribution is -2.47. The number of benzene rings is 1. The van der Waals surface area contributed by atoms with Crippen LogP contribution in [0.2, 0.25) is 0 Å². The lowest BCUT2D eigenvalue weighted by Gasteiger charge is -2.30. The summed E-state index contributed by atoms with van der Waals surface area (Å²) in [6, 6.07) is 7.57. The van der Waals surface area contributed by atoms with Crippen LogP contribution >= 0.6 is 15.9 Å². The summed E-state index contributed by atoms with van der Waals surface area (Å²) in [5, 5.41) is 2.95. The molecule has 3 rings (SSSR count). The molecule has 6 heteroatoms. The van der Waals surface area contributed by atoms with E-state index < -0.39 is 5.60 Å². The standard InChI is InChI=1S/C18H23BrN2O3/c1-18(2,3)24-17(23)21-14(8-12-9-15(12)21)10-20-16(22)11-5-4-6-13(19)7-11/h4-7,12,14-15H,8-10H2,1-3H3,(H,20,22)/t12?,14?,15-/m0/s1. The largest absolute Gasteiger partial charge is 0.444 e. The Bertz CT molecular complexity index is 656. The second kappa shape index (κ2) is 6.39. The molecule has 1 aliphatic heterocycles. The van der Waals surface area contributed by atoms with Crippen LogP contribution in [0.1, 0.15) is 44.0 Å². The van der Waals surface area contributed by atoms with Gasteiger partial charge in [0.05, 0.1) is 6.04 Å². The number of ether oxygens (including phenoxy) is 1. The van der Waals surface area contributed by atoms with Crippen LogP contribution in [0, 0.1) is 5.92 Å². The van der Waals surface area contributed by atoms with E-state index in [0.29, 0.717) is 18.0 Å². The highest BCUT2D eigenvalue weighted by Crippen LogP contribution is 2.48. The van der Waals surface area contributed by atoms with Gasteiger partial charge in [-0.1, -0.05) is 22.0 Å². The Morgan fingerprint density at radius 2 is 2.08 bits per heavy atom. The summed E-state index contributed by atoms with van der Waals surface area (Å²) in [5.74, 6) is 0.436. The number of nitrogens with zero attached hydrogens (tertiary/aromatic N) is 1. The zero-order valence-corrected chi connectivity index (χ0v) is 15.8. The highest BCUT2D eigenvalue weighted by Gasteiger charge is 2.54. The maximum absolute atomic E-state index is 12.5. The molecule has 1 N–H and O–H groups in total. The molecular formula is C18H23BrN2O3. The van der Waals surface area contributed by atoms with Gasteiger partial charge in [0.15, 0.2) is 0 Å². The van der Waals surface area contributed by atoms with Gasteiger partial charge in [-0.15, -0.1) is 0 Å². The molecule has 0 spiro atoms. The Balaban J connectivity index is 1.60. The molecule has 1 aliphatic carbocycles. The Kier molecular flexibility index (Phi) is 4.60. The monoisotopic (exact) mass is 394 g/mol. The van der Waals surface area contributed by atoms with Gasteiger partial charge in [-0.05, 0) is 57.7 Å². The molecule has 2 aliphatic rings. The van der Waals surface area contributed by atoms with Crippen LogP contribution < -0.4 is 5.32 Å². The average molecular weight is 395 g/mol. The van der Waals surface area contributed by atoms with Crippen molar-refractivity contribution in [3.63, 3.8) is 0 Å². The molecule has 5 nitrogen and oxygen atoms in total. The summed E-state index contributed by atoms with van der Waals surface area (Å²) in [4.78, 5) is 26.6. The predicted molar refractivity (Wildman–Crippen MR) is 94.8 cm³/mol. The normalized spacial score (nSPS) is 25.2. The van der Waals surface area contributed by atoms with Crippen molar-refractivity contribution in [3.8, 4) is 0 Å². The van der Waals surface area contributed by atoms with Crippen molar-refractivity contribution >= 4 is 27.9 Å². The van der Waals surface area contributed by atoms with Gasteiger partial charge >= 0.3 is 6.09 Å². The quantitative estimate of drug-likeness (QED) is 0.851. The van der Waals surface area contributed by atoms with E-state index in [2.05, 4.69) is 21.2 Å². The summed E-state index contributed by atoms with van der Waals surface area (Å²) < 4.78 is 6.39. The second-order valence-electron chi connectivity index (χ2n) is 7.56. The summed E-state index contributed by atoms with van der Waals surface area (Å²) in [7, 11) is 0.